The lowest BCUT2D eigenvalue weighted by Gasteiger charge is -2.14. The van der Waals surface area contributed by atoms with Gasteiger partial charge in [-0.3, -0.25) is 9.58 Å². The van der Waals surface area contributed by atoms with Crippen molar-refractivity contribution in [3.63, 3.8) is 0 Å². The van der Waals surface area contributed by atoms with Gasteiger partial charge in [-0.1, -0.05) is 30.3 Å². The summed E-state index contributed by atoms with van der Waals surface area (Å²) < 4.78 is 7.60. The second kappa shape index (κ2) is 5.88. The number of carbonyl (C=O) groups excluding carboxylic acids is 1. The number of amides is 1. The first kappa shape index (κ1) is 13.6. The molecule has 0 aliphatic heterocycles. The molecule has 1 heterocycles. The number of anilines is 1. The van der Waals surface area contributed by atoms with Crippen LogP contribution in [0.25, 0.3) is 0 Å². The van der Waals surface area contributed by atoms with Gasteiger partial charge in [-0.05, 0) is 21.5 Å². The van der Waals surface area contributed by atoms with E-state index in [9.17, 15) is 4.79 Å². The standard InChI is InChI=1S/C13H14BrN3O2/c1-16-8-11(14)12(15-16)17(2)13(18)19-9-10-6-4-3-5-7-10/h3-8H,9H2,1-2H3. The van der Waals surface area contributed by atoms with Gasteiger partial charge >= 0.3 is 6.09 Å². The molecule has 0 fully saturated rings. The minimum absolute atomic E-state index is 0.245. The third-order valence-corrected chi connectivity index (χ3v) is 3.12. The summed E-state index contributed by atoms with van der Waals surface area (Å²) in [6, 6.07) is 9.54. The number of carbonyl (C=O) groups is 1. The second-order valence-electron chi connectivity index (χ2n) is 4.07. The van der Waals surface area contributed by atoms with Crippen LogP contribution < -0.4 is 4.90 Å². The normalized spacial score (nSPS) is 10.3. The molecule has 0 saturated carbocycles. The Morgan fingerprint density at radius 2 is 2.11 bits per heavy atom. The molecule has 2 rings (SSSR count). The first-order valence-electron chi connectivity index (χ1n) is 5.71. The first-order valence-corrected chi connectivity index (χ1v) is 6.51. The number of halogens is 1. The summed E-state index contributed by atoms with van der Waals surface area (Å²) in [5, 5.41) is 4.18. The van der Waals surface area contributed by atoms with Crippen LogP contribution in [0.2, 0.25) is 0 Å². The molecule has 6 heteroatoms. The van der Waals surface area contributed by atoms with Gasteiger partial charge in [0.2, 0.25) is 0 Å². The summed E-state index contributed by atoms with van der Waals surface area (Å²) in [5.74, 6) is 0.528. The van der Waals surface area contributed by atoms with E-state index in [4.69, 9.17) is 4.74 Å². The number of hydrogen-bond acceptors (Lipinski definition) is 3. The predicted octanol–water partition coefficient (Wildman–Crippen LogP) is 2.96. The Balaban J connectivity index is 1.98. The van der Waals surface area contributed by atoms with Gasteiger partial charge in [0.05, 0.1) is 4.47 Å². The van der Waals surface area contributed by atoms with Crippen molar-refractivity contribution in [1.29, 1.82) is 0 Å². The van der Waals surface area contributed by atoms with Crippen LogP contribution in [0.15, 0.2) is 41.0 Å². The topological polar surface area (TPSA) is 47.4 Å². The minimum atomic E-state index is -0.441. The van der Waals surface area contributed by atoms with Crippen molar-refractivity contribution in [1.82, 2.24) is 9.78 Å². The van der Waals surface area contributed by atoms with Crippen LogP contribution in [0.4, 0.5) is 10.6 Å². The van der Waals surface area contributed by atoms with Crippen molar-refractivity contribution < 1.29 is 9.53 Å². The summed E-state index contributed by atoms with van der Waals surface area (Å²) >= 11 is 3.35. The molecule has 0 spiro atoms. The molecule has 0 radical (unpaired) electrons. The summed E-state index contributed by atoms with van der Waals surface area (Å²) in [5.41, 5.74) is 0.948. The molecule has 0 N–H and O–H groups in total. The highest BCUT2D eigenvalue weighted by molar-refractivity contribution is 9.10. The van der Waals surface area contributed by atoms with E-state index in [1.165, 1.54) is 4.90 Å². The fraction of sp³-hybridized carbons (Fsp3) is 0.231. The van der Waals surface area contributed by atoms with Crippen molar-refractivity contribution in [2.45, 2.75) is 6.61 Å². The van der Waals surface area contributed by atoms with E-state index in [0.29, 0.717) is 5.82 Å². The fourth-order valence-electron chi connectivity index (χ4n) is 1.58. The summed E-state index contributed by atoms with van der Waals surface area (Å²) in [7, 11) is 3.41. The molecular formula is C13H14BrN3O2. The zero-order chi connectivity index (χ0) is 13.8. The lowest BCUT2D eigenvalue weighted by Crippen LogP contribution is -2.27. The highest BCUT2D eigenvalue weighted by Crippen LogP contribution is 2.23. The van der Waals surface area contributed by atoms with E-state index in [1.807, 2.05) is 30.3 Å². The molecule has 0 aliphatic rings. The highest BCUT2D eigenvalue weighted by Gasteiger charge is 2.18. The lowest BCUT2D eigenvalue weighted by atomic mass is 10.2. The minimum Gasteiger partial charge on any atom is -0.444 e. The van der Waals surface area contributed by atoms with Crippen molar-refractivity contribution in [2.24, 2.45) is 7.05 Å². The Hall–Kier alpha value is -1.82. The van der Waals surface area contributed by atoms with Gasteiger partial charge < -0.3 is 4.74 Å². The van der Waals surface area contributed by atoms with Gasteiger partial charge in [-0.15, -0.1) is 0 Å². The van der Waals surface area contributed by atoms with Crippen LogP contribution in [0.1, 0.15) is 5.56 Å². The van der Waals surface area contributed by atoms with Gasteiger partial charge in [0.25, 0.3) is 0 Å². The third kappa shape index (κ3) is 3.35. The first-order chi connectivity index (χ1) is 9.08. The number of hydrogen-bond donors (Lipinski definition) is 0. The zero-order valence-corrected chi connectivity index (χ0v) is 12.3. The monoisotopic (exact) mass is 323 g/mol. The number of benzene rings is 1. The highest BCUT2D eigenvalue weighted by atomic mass is 79.9. The Morgan fingerprint density at radius 1 is 1.42 bits per heavy atom. The van der Waals surface area contributed by atoms with Crippen LogP contribution in [-0.2, 0) is 18.4 Å². The van der Waals surface area contributed by atoms with Crippen LogP contribution in [0.3, 0.4) is 0 Å². The van der Waals surface area contributed by atoms with E-state index in [2.05, 4.69) is 21.0 Å². The second-order valence-corrected chi connectivity index (χ2v) is 4.93. The lowest BCUT2D eigenvalue weighted by molar-refractivity contribution is 0.148. The van der Waals surface area contributed by atoms with Crippen LogP contribution in [0.5, 0.6) is 0 Å². The van der Waals surface area contributed by atoms with Gasteiger partial charge in [0, 0.05) is 20.3 Å². The molecule has 0 unspecified atom stereocenters. The summed E-state index contributed by atoms with van der Waals surface area (Å²) in [6.07, 6.45) is 1.33. The number of nitrogens with zero attached hydrogens (tertiary/aromatic N) is 3. The summed E-state index contributed by atoms with van der Waals surface area (Å²) in [4.78, 5) is 13.3. The molecule has 1 amide bonds. The Kier molecular flexibility index (Phi) is 4.21. The molecule has 0 atom stereocenters. The molecule has 1 aromatic heterocycles. The maximum Gasteiger partial charge on any atom is 0.415 e. The quantitative estimate of drug-likeness (QED) is 0.872. The Labute approximate surface area is 119 Å². The zero-order valence-electron chi connectivity index (χ0n) is 10.7. The summed E-state index contributed by atoms with van der Waals surface area (Å²) in [6.45, 7) is 0.245. The van der Waals surface area contributed by atoms with Crippen LogP contribution >= 0.6 is 15.9 Å². The smallest absolute Gasteiger partial charge is 0.415 e. The molecule has 2 aromatic rings. The van der Waals surface area contributed by atoms with Crippen LogP contribution in [0, 0.1) is 0 Å². The van der Waals surface area contributed by atoms with Gasteiger partial charge in [-0.2, -0.15) is 5.10 Å². The molecule has 0 bridgehead atoms. The Morgan fingerprint density at radius 3 is 2.68 bits per heavy atom. The number of rotatable bonds is 3. The van der Waals surface area contributed by atoms with Gasteiger partial charge in [0.15, 0.2) is 5.82 Å². The van der Waals surface area contributed by atoms with E-state index < -0.39 is 6.09 Å². The van der Waals surface area contributed by atoms with E-state index in [0.717, 1.165) is 10.0 Å². The van der Waals surface area contributed by atoms with Gasteiger partial charge in [-0.25, -0.2) is 4.79 Å². The third-order valence-electron chi connectivity index (χ3n) is 2.56. The number of ether oxygens (including phenoxy) is 1. The van der Waals surface area contributed by atoms with Gasteiger partial charge in [0.1, 0.15) is 6.61 Å². The van der Waals surface area contributed by atoms with E-state index in [1.54, 1.807) is 25.0 Å². The average molecular weight is 324 g/mol. The van der Waals surface area contributed by atoms with Crippen molar-refractivity contribution >= 4 is 27.8 Å². The molecule has 0 saturated heterocycles. The maximum absolute atomic E-state index is 11.9. The van der Waals surface area contributed by atoms with Crippen molar-refractivity contribution in [2.75, 3.05) is 11.9 Å². The molecule has 5 nitrogen and oxygen atoms in total. The van der Waals surface area contributed by atoms with E-state index >= 15 is 0 Å². The number of aryl methyl sites for hydroxylation is 1. The average Bonchev–Trinajstić information content (AvgIpc) is 2.75. The molecule has 1 aromatic carbocycles. The molecular weight excluding hydrogens is 310 g/mol. The number of aromatic nitrogens is 2. The van der Waals surface area contributed by atoms with Crippen molar-refractivity contribution in [3.8, 4) is 0 Å². The SMILES string of the molecule is CN(C(=O)OCc1ccccc1)c1nn(C)cc1Br. The molecule has 0 aliphatic carbocycles. The predicted molar refractivity (Wildman–Crippen MR) is 75.9 cm³/mol. The maximum atomic E-state index is 11.9. The largest absolute Gasteiger partial charge is 0.444 e. The Bertz CT molecular complexity index is 569. The van der Waals surface area contributed by atoms with Crippen LogP contribution in [-0.4, -0.2) is 22.9 Å². The molecule has 100 valence electrons. The molecule has 19 heavy (non-hydrogen) atoms. The fourth-order valence-corrected chi connectivity index (χ4v) is 2.22. The van der Waals surface area contributed by atoms with Crippen molar-refractivity contribution in [3.05, 3.63) is 46.6 Å². The van der Waals surface area contributed by atoms with E-state index in [-0.39, 0.29) is 6.61 Å².